The van der Waals surface area contributed by atoms with Gasteiger partial charge in [0.15, 0.2) is 0 Å². The van der Waals surface area contributed by atoms with Gasteiger partial charge in [0.1, 0.15) is 11.4 Å². The molecule has 128 valence electrons. The predicted octanol–water partition coefficient (Wildman–Crippen LogP) is 2.79. The van der Waals surface area contributed by atoms with E-state index in [0.717, 1.165) is 0 Å². The number of hydrogen-bond acceptors (Lipinski definition) is 3. The second-order valence-electron chi connectivity index (χ2n) is 6.22. The zero-order valence-electron chi connectivity index (χ0n) is 13.9. The van der Waals surface area contributed by atoms with E-state index in [4.69, 9.17) is 4.74 Å². The highest BCUT2D eigenvalue weighted by Crippen LogP contribution is 2.07. The molecule has 0 bridgehead atoms. The summed E-state index contributed by atoms with van der Waals surface area (Å²) in [6, 6.07) is 6.50. The Kier molecular flexibility index (Phi) is 7.51. The SMILES string of the molecule is CC(C)(C)OC(=O)NCCCC(=O)NCCc1ccccc1F. The lowest BCUT2D eigenvalue weighted by atomic mass is 10.1. The lowest BCUT2D eigenvalue weighted by Crippen LogP contribution is -2.33. The zero-order valence-corrected chi connectivity index (χ0v) is 13.9. The molecule has 0 spiro atoms. The quantitative estimate of drug-likeness (QED) is 0.758. The number of alkyl carbamates (subject to hydrolysis) is 1. The molecule has 0 aliphatic heterocycles. The van der Waals surface area contributed by atoms with E-state index < -0.39 is 11.7 Å². The summed E-state index contributed by atoms with van der Waals surface area (Å²) in [6.07, 6.45) is 0.782. The van der Waals surface area contributed by atoms with Crippen molar-refractivity contribution in [2.75, 3.05) is 13.1 Å². The number of ether oxygens (including phenoxy) is 1. The van der Waals surface area contributed by atoms with Crippen LogP contribution >= 0.6 is 0 Å². The standard InChI is InChI=1S/C17H25FN2O3/c1-17(2,3)23-16(22)20-11-6-9-15(21)19-12-10-13-7-4-5-8-14(13)18/h4-5,7-8H,6,9-12H2,1-3H3,(H,19,21)(H,20,22). The van der Waals surface area contributed by atoms with Gasteiger partial charge in [-0.15, -0.1) is 0 Å². The van der Waals surface area contributed by atoms with E-state index in [1.807, 2.05) is 0 Å². The first kappa shape index (κ1) is 18.9. The van der Waals surface area contributed by atoms with Gasteiger partial charge in [-0.2, -0.15) is 0 Å². The van der Waals surface area contributed by atoms with Gasteiger partial charge in [0.2, 0.25) is 5.91 Å². The van der Waals surface area contributed by atoms with E-state index in [-0.39, 0.29) is 11.7 Å². The Bertz CT molecular complexity index is 527. The van der Waals surface area contributed by atoms with Crippen LogP contribution in [0.25, 0.3) is 0 Å². The number of halogens is 1. The van der Waals surface area contributed by atoms with Crippen LogP contribution < -0.4 is 10.6 Å². The zero-order chi connectivity index (χ0) is 17.3. The highest BCUT2D eigenvalue weighted by atomic mass is 19.1. The first-order valence-corrected chi connectivity index (χ1v) is 7.75. The van der Waals surface area contributed by atoms with Gasteiger partial charge in [-0.05, 0) is 45.2 Å². The van der Waals surface area contributed by atoms with Gasteiger partial charge < -0.3 is 15.4 Å². The number of carbonyl (C=O) groups is 2. The molecule has 6 heteroatoms. The summed E-state index contributed by atoms with van der Waals surface area (Å²) in [5.74, 6) is -0.379. The predicted molar refractivity (Wildman–Crippen MR) is 86.6 cm³/mol. The third-order valence-corrected chi connectivity index (χ3v) is 2.92. The Hall–Kier alpha value is -2.11. The average Bonchev–Trinajstić information content (AvgIpc) is 2.44. The summed E-state index contributed by atoms with van der Waals surface area (Å²) >= 11 is 0. The lowest BCUT2D eigenvalue weighted by Gasteiger charge is -2.19. The minimum atomic E-state index is -0.534. The van der Waals surface area contributed by atoms with Crippen molar-refractivity contribution in [3.05, 3.63) is 35.6 Å². The molecule has 0 saturated carbocycles. The van der Waals surface area contributed by atoms with Crippen molar-refractivity contribution in [1.82, 2.24) is 10.6 Å². The van der Waals surface area contributed by atoms with E-state index in [9.17, 15) is 14.0 Å². The van der Waals surface area contributed by atoms with Gasteiger partial charge in [0.05, 0.1) is 0 Å². The van der Waals surface area contributed by atoms with Crippen molar-refractivity contribution >= 4 is 12.0 Å². The molecule has 2 amide bonds. The number of rotatable bonds is 7. The maximum atomic E-state index is 13.4. The fourth-order valence-electron chi connectivity index (χ4n) is 1.88. The highest BCUT2D eigenvalue weighted by molar-refractivity contribution is 5.76. The molecule has 2 N–H and O–H groups in total. The molecular formula is C17H25FN2O3. The van der Waals surface area contributed by atoms with Gasteiger partial charge in [0.25, 0.3) is 0 Å². The topological polar surface area (TPSA) is 67.4 Å². The molecular weight excluding hydrogens is 299 g/mol. The molecule has 1 aromatic rings. The number of benzene rings is 1. The van der Waals surface area contributed by atoms with Crippen LogP contribution in [0, 0.1) is 5.82 Å². The Morgan fingerprint density at radius 1 is 1.13 bits per heavy atom. The monoisotopic (exact) mass is 324 g/mol. The Labute approximate surface area is 136 Å². The third-order valence-electron chi connectivity index (χ3n) is 2.92. The highest BCUT2D eigenvalue weighted by Gasteiger charge is 2.15. The van der Waals surface area contributed by atoms with Crippen molar-refractivity contribution in [3.8, 4) is 0 Å². The molecule has 1 rings (SSSR count). The van der Waals surface area contributed by atoms with E-state index in [0.29, 0.717) is 37.9 Å². The van der Waals surface area contributed by atoms with E-state index in [1.165, 1.54) is 6.07 Å². The fraction of sp³-hybridized carbons (Fsp3) is 0.529. The van der Waals surface area contributed by atoms with Crippen LogP contribution in [0.15, 0.2) is 24.3 Å². The minimum Gasteiger partial charge on any atom is -0.444 e. The smallest absolute Gasteiger partial charge is 0.407 e. The summed E-state index contributed by atoms with van der Waals surface area (Å²) in [5, 5.41) is 5.33. The normalized spacial score (nSPS) is 11.0. The maximum absolute atomic E-state index is 13.4. The van der Waals surface area contributed by atoms with Crippen molar-refractivity contribution < 1.29 is 18.7 Å². The van der Waals surface area contributed by atoms with Gasteiger partial charge in [-0.1, -0.05) is 18.2 Å². The second kappa shape index (κ2) is 9.12. The molecule has 0 aliphatic rings. The maximum Gasteiger partial charge on any atom is 0.407 e. The summed E-state index contributed by atoms with van der Waals surface area (Å²) in [4.78, 5) is 23.0. The summed E-state index contributed by atoms with van der Waals surface area (Å²) in [7, 11) is 0. The van der Waals surface area contributed by atoms with Crippen LogP contribution in [0.3, 0.4) is 0 Å². The Morgan fingerprint density at radius 2 is 1.83 bits per heavy atom. The van der Waals surface area contributed by atoms with Crippen LogP contribution in [0.2, 0.25) is 0 Å². The largest absolute Gasteiger partial charge is 0.444 e. The second-order valence-corrected chi connectivity index (χ2v) is 6.22. The van der Waals surface area contributed by atoms with Crippen LogP contribution in [0.4, 0.5) is 9.18 Å². The Balaban J connectivity index is 2.11. The number of carbonyl (C=O) groups excluding carboxylic acids is 2. The molecule has 0 aliphatic carbocycles. The molecule has 0 atom stereocenters. The first-order valence-electron chi connectivity index (χ1n) is 7.75. The molecule has 0 aromatic heterocycles. The van der Waals surface area contributed by atoms with E-state index >= 15 is 0 Å². The van der Waals surface area contributed by atoms with Crippen LogP contribution in [-0.2, 0) is 16.0 Å². The summed E-state index contributed by atoms with van der Waals surface area (Å²) < 4.78 is 18.5. The lowest BCUT2D eigenvalue weighted by molar-refractivity contribution is -0.121. The molecule has 0 radical (unpaired) electrons. The van der Waals surface area contributed by atoms with Gasteiger partial charge in [-0.3, -0.25) is 4.79 Å². The summed E-state index contributed by atoms with van der Waals surface area (Å²) in [5.41, 5.74) is 0.0492. The van der Waals surface area contributed by atoms with E-state index in [1.54, 1.807) is 39.0 Å². The molecule has 0 heterocycles. The van der Waals surface area contributed by atoms with Gasteiger partial charge in [-0.25, -0.2) is 9.18 Å². The van der Waals surface area contributed by atoms with Crippen LogP contribution in [0.5, 0.6) is 0 Å². The van der Waals surface area contributed by atoms with Crippen LogP contribution in [-0.4, -0.2) is 30.7 Å². The molecule has 0 saturated heterocycles. The number of nitrogens with one attached hydrogen (secondary N) is 2. The van der Waals surface area contributed by atoms with Gasteiger partial charge in [0, 0.05) is 19.5 Å². The van der Waals surface area contributed by atoms with Gasteiger partial charge >= 0.3 is 6.09 Å². The van der Waals surface area contributed by atoms with Crippen molar-refractivity contribution in [3.63, 3.8) is 0 Å². The number of hydrogen-bond donors (Lipinski definition) is 2. The molecule has 0 unspecified atom stereocenters. The van der Waals surface area contributed by atoms with Crippen molar-refractivity contribution in [2.24, 2.45) is 0 Å². The average molecular weight is 324 g/mol. The van der Waals surface area contributed by atoms with Crippen LogP contribution in [0.1, 0.15) is 39.2 Å². The van der Waals surface area contributed by atoms with Crippen molar-refractivity contribution in [2.45, 2.75) is 45.6 Å². The third kappa shape index (κ3) is 8.80. The van der Waals surface area contributed by atoms with E-state index in [2.05, 4.69) is 10.6 Å². The fourth-order valence-corrected chi connectivity index (χ4v) is 1.88. The summed E-state index contributed by atoms with van der Waals surface area (Å²) in [6.45, 7) is 6.12. The van der Waals surface area contributed by atoms with Crippen molar-refractivity contribution in [1.29, 1.82) is 0 Å². The Morgan fingerprint density at radius 3 is 2.48 bits per heavy atom. The molecule has 0 fully saturated rings. The molecule has 5 nitrogen and oxygen atoms in total. The first-order chi connectivity index (χ1) is 10.8. The minimum absolute atomic E-state index is 0.118. The molecule has 23 heavy (non-hydrogen) atoms. The molecule has 1 aromatic carbocycles. The number of amides is 2.